The van der Waals surface area contributed by atoms with Crippen molar-refractivity contribution in [3.63, 3.8) is 0 Å². The van der Waals surface area contributed by atoms with Crippen molar-refractivity contribution in [2.75, 3.05) is 0 Å². The number of hydrogen-bond donors (Lipinski definition) is 0. The van der Waals surface area contributed by atoms with Crippen LogP contribution in [-0.2, 0) is 4.12 Å². The average molecular weight is 188 g/mol. The molecule has 0 aromatic rings. The molecule has 0 spiro atoms. The van der Waals surface area contributed by atoms with E-state index in [0.29, 0.717) is 0 Å². The zero-order valence-corrected chi connectivity index (χ0v) is 10.6. The Kier molecular flexibility index (Phi) is 5.30. The molecule has 0 fully saturated rings. The summed E-state index contributed by atoms with van der Waals surface area (Å²) in [4.78, 5) is 0. The smallest absolute Gasteiger partial charge is 0.203 e. The Balaban J connectivity index is 3.90. The average Bonchev–Trinajstić information content (AvgIpc) is 1.81. The Morgan fingerprint density at radius 2 is 1.27 bits per heavy atom. The van der Waals surface area contributed by atoms with E-state index < -0.39 is 18.1 Å². The monoisotopic (exact) mass is 188 g/mol. The summed E-state index contributed by atoms with van der Waals surface area (Å²) in [5, 5.41) is 0. The van der Waals surface area contributed by atoms with Gasteiger partial charge in [0.05, 0.1) is 0 Å². The van der Waals surface area contributed by atoms with E-state index in [-0.39, 0.29) is 0 Å². The van der Waals surface area contributed by atoms with Gasteiger partial charge in [0.1, 0.15) is 0 Å². The summed E-state index contributed by atoms with van der Waals surface area (Å²) in [6, 6.07) is 0. The Bertz CT molecular complexity index is 94.3. The molecule has 66 valence electrons. The minimum Gasteiger partial charge on any atom is -0.455 e. The van der Waals surface area contributed by atoms with E-state index in [2.05, 4.69) is 40.8 Å². The van der Waals surface area contributed by atoms with Crippen LogP contribution >= 0.6 is 0 Å². The van der Waals surface area contributed by atoms with Gasteiger partial charge in [-0.3, -0.25) is 0 Å². The van der Waals surface area contributed by atoms with E-state index in [1.54, 1.807) is 0 Å². The Labute approximate surface area is 74.6 Å². The molecule has 2 radical (unpaired) electrons. The highest BCUT2D eigenvalue weighted by Gasteiger charge is 2.22. The third-order valence-corrected chi connectivity index (χ3v) is 6.31. The van der Waals surface area contributed by atoms with Gasteiger partial charge in [0.2, 0.25) is 9.04 Å². The summed E-state index contributed by atoms with van der Waals surface area (Å²) in [5.74, 6) is 0. The summed E-state index contributed by atoms with van der Waals surface area (Å²) in [7, 11) is -1.01. The van der Waals surface area contributed by atoms with Crippen LogP contribution in [0.2, 0.25) is 24.2 Å². The Morgan fingerprint density at radius 3 is 1.36 bits per heavy atom. The summed E-state index contributed by atoms with van der Waals surface area (Å²) < 4.78 is 5.98. The second kappa shape index (κ2) is 5.11. The minimum atomic E-state index is -0.533. The second-order valence-corrected chi connectivity index (χ2v) is 9.47. The lowest BCUT2D eigenvalue weighted by molar-refractivity contribution is 0.557. The third-order valence-electron chi connectivity index (χ3n) is 1.46. The molecule has 0 N–H and O–H groups in total. The molecule has 0 rings (SSSR count). The highest BCUT2D eigenvalue weighted by molar-refractivity contribution is 6.66. The molecule has 0 aliphatic heterocycles. The Hall–Kier alpha value is 0.394. The van der Waals surface area contributed by atoms with Crippen LogP contribution in [0.4, 0.5) is 0 Å². The van der Waals surface area contributed by atoms with Gasteiger partial charge in [-0.25, -0.2) is 0 Å². The summed E-state index contributed by atoms with van der Waals surface area (Å²) in [6.07, 6.45) is 0. The Morgan fingerprint density at radius 1 is 0.909 bits per heavy atom. The SMILES string of the molecule is CC(C)[Si](O[Si](C)C)C(C)C. The quantitative estimate of drug-likeness (QED) is 0.616. The molecular weight excluding hydrogens is 168 g/mol. The van der Waals surface area contributed by atoms with Gasteiger partial charge in [0.15, 0.2) is 9.04 Å². The molecule has 0 bridgehead atoms. The fourth-order valence-electron chi connectivity index (χ4n) is 1.14. The first-order chi connectivity index (χ1) is 4.95. The number of rotatable bonds is 4. The van der Waals surface area contributed by atoms with Gasteiger partial charge in [0.25, 0.3) is 0 Å². The lowest BCUT2D eigenvalue weighted by Gasteiger charge is -2.24. The summed E-state index contributed by atoms with van der Waals surface area (Å²) in [5.41, 5.74) is 1.50. The summed E-state index contributed by atoms with van der Waals surface area (Å²) in [6.45, 7) is 13.6. The van der Waals surface area contributed by atoms with Crippen molar-refractivity contribution in [2.45, 2.75) is 51.9 Å². The zero-order chi connectivity index (χ0) is 9.02. The van der Waals surface area contributed by atoms with Gasteiger partial charge in [-0.05, 0) is 24.2 Å². The topological polar surface area (TPSA) is 9.23 Å². The van der Waals surface area contributed by atoms with Crippen molar-refractivity contribution < 1.29 is 4.12 Å². The zero-order valence-electron chi connectivity index (χ0n) is 8.56. The molecule has 0 amide bonds. The van der Waals surface area contributed by atoms with Crippen LogP contribution in [0.25, 0.3) is 0 Å². The molecule has 0 saturated heterocycles. The molecule has 0 aliphatic carbocycles. The molecule has 0 saturated carbocycles. The van der Waals surface area contributed by atoms with Gasteiger partial charge in [-0.1, -0.05) is 27.7 Å². The lowest BCUT2D eigenvalue weighted by Crippen LogP contribution is -2.30. The predicted octanol–water partition coefficient (Wildman–Crippen LogP) is 3.07. The molecule has 0 unspecified atom stereocenters. The molecular formula is C8H20OSi2. The van der Waals surface area contributed by atoms with Crippen LogP contribution < -0.4 is 0 Å². The molecule has 0 aromatic heterocycles. The maximum absolute atomic E-state index is 5.98. The van der Waals surface area contributed by atoms with E-state index >= 15 is 0 Å². The molecule has 11 heavy (non-hydrogen) atoms. The van der Waals surface area contributed by atoms with Crippen LogP contribution in [-0.4, -0.2) is 18.1 Å². The summed E-state index contributed by atoms with van der Waals surface area (Å²) >= 11 is 0. The van der Waals surface area contributed by atoms with Crippen LogP contribution in [0.3, 0.4) is 0 Å². The van der Waals surface area contributed by atoms with E-state index in [1.807, 2.05) is 0 Å². The normalized spacial score (nSPS) is 12.5. The van der Waals surface area contributed by atoms with Gasteiger partial charge in [-0.15, -0.1) is 0 Å². The van der Waals surface area contributed by atoms with Crippen LogP contribution in [0.1, 0.15) is 27.7 Å². The van der Waals surface area contributed by atoms with Gasteiger partial charge in [0, 0.05) is 0 Å². The van der Waals surface area contributed by atoms with Crippen molar-refractivity contribution in [1.29, 1.82) is 0 Å². The van der Waals surface area contributed by atoms with E-state index in [4.69, 9.17) is 4.12 Å². The molecule has 0 aliphatic rings. The van der Waals surface area contributed by atoms with Crippen LogP contribution in [0, 0.1) is 0 Å². The van der Waals surface area contributed by atoms with Gasteiger partial charge >= 0.3 is 0 Å². The molecule has 0 heterocycles. The molecule has 1 nitrogen and oxygen atoms in total. The highest BCUT2D eigenvalue weighted by Crippen LogP contribution is 2.21. The minimum absolute atomic E-state index is 0.477. The lowest BCUT2D eigenvalue weighted by atomic mass is 10.5. The van der Waals surface area contributed by atoms with Crippen molar-refractivity contribution in [3.05, 3.63) is 0 Å². The second-order valence-electron chi connectivity index (χ2n) is 3.72. The van der Waals surface area contributed by atoms with E-state index in [1.165, 1.54) is 0 Å². The molecule has 3 heteroatoms. The first-order valence-corrected chi connectivity index (χ1v) is 8.27. The molecule has 0 atom stereocenters. The third kappa shape index (κ3) is 4.77. The fourth-order valence-corrected chi connectivity index (χ4v) is 6.24. The first kappa shape index (κ1) is 11.4. The largest absolute Gasteiger partial charge is 0.455 e. The fraction of sp³-hybridized carbons (Fsp3) is 1.00. The van der Waals surface area contributed by atoms with Crippen molar-refractivity contribution in [1.82, 2.24) is 0 Å². The van der Waals surface area contributed by atoms with Crippen molar-refractivity contribution in [2.24, 2.45) is 0 Å². The first-order valence-electron chi connectivity index (χ1n) is 4.29. The van der Waals surface area contributed by atoms with Crippen molar-refractivity contribution >= 4 is 18.1 Å². The number of hydrogen-bond acceptors (Lipinski definition) is 1. The van der Waals surface area contributed by atoms with Crippen LogP contribution in [0.15, 0.2) is 0 Å². The maximum atomic E-state index is 5.98. The standard InChI is InChI=1S/C8H20OSi2/c1-7(2)11(8(3)4)9-10(5)6/h7-8H,1-6H3. The van der Waals surface area contributed by atoms with Crippen LogP contribution in [0.5, 0.6) is 0 Å². The molecule has 0 aromatic carbocycles. The van der Waals surface area contributed by atoms with E-state index in [9.17, 15) is 0 Å². The van der Waals surface area contributed by atoms with Gasteiger partial charge in [-0.2, -0.15) is 0 Å². The van der Waals surface area contributed by atoms with E-state index in [0.717, 1.165) is 11.1 Å². The predicted molar refractivity (Wildman–Crippen MR) is 54.5 cm³/mol. The van der Waals surface area contributed by atoms with Crippen molar-refractivity contribution in [3.8, 4) is 0 Å². The van der Waals surface area contributed by atoms with Gasteiger partial charge < -0.3 is 4.12 Å². The maximum Gasteiger partial charge on any atom is 0.203 e. The highest BCUT2D eigenvalue weighted by atomic mass is 28.4.